The van der Waals surface area contributed by atoms with Crippen LogP contribution in [0.25, 0.3) is 11.3 Å². The topological polar surface area (TPSA) is 69.3 Å². The number of benzene rings is 2. The number of nitrogens with zero attached hydrogens (tertiary/aromatic N) is 2. The summed E-state index contributed by atoms with van der Waals surface area (Å²) >= 11 is 4.45. The molecule has 0 fully saturated rings. The van der Waals surface area contributed by atoms with Crippen molar-refractivity contribution in [2.45, 2.75) is 13.1 Å². The van der Waals surface area contributed by atoms with Gasteiger partial charge in [-0.05, 0) is 43.3 Å². The predicted octanol–water partition coefficient (Wildman–Crippen LogP) is 4.69. The number of carbonyl (C=O) groups is 1. The third-order valence-corrected chi connectivity index (χ3v) is 5.10. The number of nitrogens with one attached hydrogen (secondary N) is 1. The fourth-order valence-corrected chi connectivity index (χ4v) is 3.57. The van der Waals surface area contributed by atoms with Gasteiger partial charge in [-0.3, -0.25) is 4.79 Å². The van der Waals surface area contributed by atoms with Gasteiger partial charge >= 0.3 is 0 Å². The van der Waals surface area contributed by atoms with Gasteiger partial charge in [0.15, 0.2) is 6.17 Å². The van der Waals surface area contributed by atoms with Gasteiger partial charge in [0.1, 0.15) is 29.0 Å². The molecule has 1 amide bonds. The minimum absolute atomic E-state index is 0.0916. The summed E-state index contributed by atoms with van der Waals surface area (Å²) in [6, 6.07) is 19.1. The van der Waals surface area contributed by atoms with E-state index in [9.17, 15) is 14.4 Å². The van der Waals surface area contributed by atoms with E-state index in [1.807, 2.05) is 37.3 Å². The predicted molar refractivity (Wildman–Crippen MR) is 110 cm³/mol. The summed E-state index contributed by atoms with van der Waals surface area (Å²) in [5, 5.41) is 12.4. The highest BCUT2D eigenvalue weighted by atomic mass is 32.1. The van der Waals surface area contributed by atoms with E-state index in [0.29, 0.717) is 17.1 Å². The maximum atomic E-state index is 14.1. The summed E-state index contributed by atoms with van der Waals surface area (Å²) in [4.78, 5) is 14.1. The largest absolute Gasteiger partial charge is 0.457 e. The van der Waals surface area contributed by atoms with Crippen LogP contribution in [-0.2, 0) is 4.79 Å². The number of furan rings is 1. The van der Waals surface area contributed by atoms with Crippen LogP contribution in [0.2, 0.25) is 0 Å². The number of nitriles is 1. The molecule has 1 aliphatic heterocycles. The van der Waals surface area contributed by atoms with Crippen molar-refractivity contribution >= 4 is 24.2 Å². The highest BCUT2D eigenvalue weighted by molar-refractivity contribution is 7.84. The lowest BCUT2D eigenvalue weighted by Crippen LogP contribution is -2.45. The van der Waals surface area contributed by atoms with Crippen LogP contribution < -0.4 is 10.2 Å². The fraction of sp³-hybridized carbons (Fsp3) is 0.0909. The number of amides is 1. The second-order valence-electron chi connectivity index (χ2n) is 6.57. The fourth-order valence-electron chi connectivity index (χ4n) is 3.19. The van der Waals surface area contributed by atoms with Crippen LogP contribution in [0.15, 0.2) is 75.7 Å². The summed E-state index contributed by atoms with van der Waals surface area (Å²) in [5.74, 6) is -0.222. The summed E-state index contributed by atoms with van der Waals surface area (Å²) in [6.45, 7) is 1.96. The van der Waals surface area contributed by atoms with Gasteiger partial charge < -0.3 is 14.6 Å². The van der Waals surface area contributed by atoms with E-state index in [1.165, 1.54) is 6.07 Å². The van der Waals surface area contributed by atoms with Crippen LogP contribution in [0, 0.1) is 24.1 Å². The third-order valence-electron chi connectivity index (χ3n) is 4.66. The molecule has 1 atom stereocenters. The molecule has 2 heterocycles. The standard InChI is InChI=1S/C22H16FN3O2S/c1-13-6-8-14(9-7-13)26-20(25-21(27)16(12-24)22(26)29)19-11-10-18(28-19)15-4-2-3-5-17(15)23/h2-11,20,29H,1H3,(H,25,27). The average Bonchev–Trinajstić information content (AvgIpc) is 3.19. The van der Waals surface area contributed by atoms with E-state index in [2.05, 4.69) is 17.9 Å². The van der Waals surface area contributed by atoms with E-state index >= 15 is 0 Å². The zero-order valence-electron chi connectivity index (χ0n) is 15.4. The molecule has 3 aromatic rings. The number of thiol groups is 1. The molecule has 0 radical (unpaired) electrons. The van der Waals surface area contributed by atoms with Crippen molar-refractivity contribution in [1.82, 2.24) is 5.32 Å². The molecule has 0 bridgehead atoms. The molecule has 0 spiro atoms. The molecule has 1 aromatic heterocycles. The molecule has 5 nitrogen and oxygen atoms in total. The molecule has 0 aliphatic carbocycles. The van der Waals surface area contributed by atoms with Crippen LogP contribution in [0.4, 0.5) is 10.1 Å². The lowest BCUT2D eigenvalue weighted by molar-refractivity contribution is -0.118. The molecule has 144 valence electrons. The first-order valence-electron chi connectivity index (χ1n) is 8.84. The van der Waals surface area contributed by atoms with Gasteiger partial charge in [0, 0.05) is 5.69 Å². The zero-order valence-corrected chi connectivity index (χ0v) is 16.3. The van der Waals surface area contributed by atoms with Crippen molar-refractivity contribution in [2.75, 3.05) is 4.90 Å². The minimum Gasteiger partial charge on any atom is -0.457 e. The molecule has 0 saturated carbocycles. The minimum atomic E-state index is -0.740. The first-order valence-corrected chi connectivity index (χ1v) is 9.29. The van der Waals surface area contributed by atoms with Crippen molar-refractivity contribution < 1.29 is 13.6 Å². The molecule has 0 saturated heterocycles. The van der Waals surface area contributed by atoms with Crippen molar-refractivity contribution in [3.05, 3.63) is 88.4 Å². The Kier molecular flexibility index (Phi) is 4.87. The number of rotatable bonds is 3. The van der Waals surface area contributed by atoms with Crippen molar-refractivity contribution in [1.29, 1.82) is 5.26 Å². The van der Waals surface area contributed by atoms with Gasteiger partial charge in [0.2, 0.25) is 0 Å². The maximum absolute atomic E-state index is 14.1. The highest BCUT2D eigenvalue weighted by Gasteiger charge is 2.35. The van der Waals surface area contributed by atoms with Gasteiger partial charge in [-0.25, -0.2) is 4.39 Å². The van der Waals surface area contributed by atoms with Crippen molar-refractivity contribution in [3.8, 4) is 17.4 Å². The summed E-state index contributed by atoms with van der Waals surface area (Å²) in [5.41, 5.74) is 2.02. The summed E-state index contributed by atoms with van der Waals surface area (Å²) in [7, 11) is 0. The molecular formula is C22H16FN3O2S. The van der Waals surface area contributed by atoms with Gasteiger partial charge in [0.05, 0.1) is 10.6 Å². The Bertz CT molecular complexity index is 1160. The number of hydrogen-bond donors (Lipinski definition) is 2. The molecule has 1 aliphatic rings. The van der Waals surface area contributed by atoms with E-state index < -0.39 is 17.9 Å². The number of aryl methyl sites for hydroxylation is 1. The molecular weight excluding hydrogens is 389 g/mol. The van der Waals surface area contributed by atoms with Gasteiger partial charge in [-0.2, -0.15) is 5.26 Å². The number of carbonyl (C=O) groups excluding carboxylic acids is 1. The first kappa shape index (κ1) is 18.8. The Morgan fingerprint density at radius 2 is 1.86 bits per heavy atom. The number of hydrogen-bond acceptors (Lipinski definition) is 5. The van der Waals surface area contributed by atoms with E-state index in [-0.39, 0.29) is 10.6 Å². The van der Waals surface area contributed by atoms with E-state index in [1.54, 1.807) is 35.2 Å². The number of halogens is 1. The maximum Gasteiger partial charge on any atom is 0.266 e. The summed E-state index contributed by atoms with van der Waals surface area (Å²) in [6.07, 6.45) is -0.740. The zero-order chi connectivity index (χ0) is 20.5. The molecule has 4 rings (SSSR count). The van der Waals surface area contributed by atoms with Crippen molar-refractivity contribution in [3.63, 3.8) is 0 Å². The van der Waals surface area contributed by atoms with Crippen LogP contribution in [-0.4, -0.2) is 5.91 Å². The second kappa shape index (κ2) is 7.49. The Hall–Kier alpha value is -3.50. The van der Waals surface area contributed by atoms with Crippen LogP contribution in [0.5, 0.6) is 0 Å². The number of anilines is 1. The van der Waals surface area contributed by atoms with Crippen LogP contribution >= 0.6 is 12.6 Å². The Morgan fingerprint density at radius 3 is 2.55 bits per heavy atom. The van der Waals surface area contributed by atoms with E-state index in [0.717, 1.165) is 11.3 Å². The smallest absolute Gasteiger partial charge is 0.266 e. The molecule has 29 heavy (non-hydrogen) atoms. The normalized spacial score (nSPS) is 16.6. The van der Waals surface area contributed by atoms with Gasteiger partial charge in [-0.15, -0.1) is 12.6 Å². The first-order chi connectivity index (χ1) is 14.0. The van der Waals surface area contributed by atoms with E-state index in [4.69, 9.17) is 4.42 Å². The molecule has 1 unspecified atom stereocenters. The molecule has 7 heteroatoms. The lowest BCUT2D eigenvalue weighted by atomic mass is 10.1. The third kappa shape index (κ3) is 3.39. The van der Waals surface area contributed by atoms with Gasteiger partial charge in [-0.1, -0.05) is 29.8 Å². The van der Waals surface area contributed by atoms with Crippen LogP contribution in [0.3, 0.4) is 0 Å². The van der Waals surface area contributed by atoms with Crippen LogP contribution in [0.1, 0.15) is 17.5 Å². The average molecular weight is 405 g/mol. The lowest BCUT2D eigenvalue weighted by Gasteiger charge is -2.36. The highest BCUT2D eigenvalue weighted by Crippen LogP contribution is 2.37. The monoisotopic (exact) mass is 405 g/mol. The SMILES string of the molecule is Cc1ccc(N2C(S)=C(C#N)C(=O)NC2c2ccc(-c3ccccc3F)o2)cc1. The molecule has 2 aromatic carbocycles. The quantitative estimate of drug-likeness (QED) is 0.620. The second-order valence-corrected chi connectivity index (χ2v) is 7.00. The van der Waals surface area contributed by atoms with Crippen molar-refractivity contribution in [2.24, 2.45) is 0 Å². The Morgan fingerprint density at radius 1 is 1.14 bits per heavy atom. The Balaban J connectivity index is 1.80. The van der Waals surface area contributed by atoms with Gasteiger partial charge in [0.25, 0.3) is 5.91 Å². The molecule has 1 N–H and O–H groups in total. The Labute approximate surface area is 172 Å². The summed E-state index contributed by atoms with van der Waals surface area (Å²) < 4.78 is 20.0.